The molecule has 5 rings (SSSR count). The van der Waals surface area contributed by atoms with Crippen molar-refractivity contribution in [3.05, 3.63) is 65.4 Å². The van der Waals surface area contributed by atoms with Crippen LogP contribution >= 0.6 is 0 Å². The van der Waals surface area contributed by atoms with Crippen LogP contribution < -0.4 is 4.74 Å². The van der Waals surface area contributed by atoms with Gasteiger partial charge < -0.3 is 9.72 Å². The maximum absolute atomic E-state index is 13.4. The van der Waals surface area contributed by atoms with E-state index in [0.29, 0.717) is 12.1 Å². The summed E-state index contributed by atoms with van der Waals surface area (Å²) in [7, 11) is 1.63. The Balaban J connectivity index is 1.75. The Morgan fingerprint density at radius 2 is 1.88 bits per heavy atom. The van der Waals surface area contributed by atoms with Gasteiger partial charge >= 0.3 is 0 Å². The smallest absolute Gasteiger partial charge is 0.187 e. The number of H-pyrrole nitrogens is 1. The van der Waals surface area contributed by atoms with E-state index in [-0.39, 0.29) is 23.4 Å². The van der Waals surface area contributed by atoms with Crippen molar-refractivity contribution in [2.45, 2.75) is 24.7 Å². The highest BCUT2D eigenvalue weighted by Gasteiger charge is 2.50. The Labute approximate surface area is 151 Å². The van der Waals surface area contributed by atoms with Crippen LogP contribution in [0.5, 0.6) is 5.75 Å². The van der Waals surface area contributed by atoms with Crippen LogP contribution in [0, 0.1) is 5.92 Å². The second-order valence-corrected chi connectivity index (χ2v) is 7.22. The Morgan fingerprint density at radius 3 is 2.65 bits per heavy atom. The maximum atomic E-state index is 13.4. The lowest BCUT2D eigenvalue weighted by atomic mass is 9.68. The van der Waals surface area contributed by atoms with E-state index >= 15 is 0 Å². The first-order valence-corrected chi connectivity index (χ1v) is 9.00. The van der Waals surface area contributed by atoms with E-state index in [1.165, 1.54) is 0 Å². The number of aromatic nitrogens is 1. The van der Waals surface area contributed by atoms with E-state index in [1.807, 2.05) is 48.5 Å². The second-order valence-electron chi connectivity index (χ2n) is 7.22. The van der Waals surface area contributed by atoms with Gasteiger partial charge in [-0.1, -0.05) is 30.3 Å². The van der Waals surface area contributed by atoms with Crippen LogP contribution in [0.15, 0.2) is 48.5 Å². The third-order valence-electron chi connectivity index (χ3n) is 5.97. The van der Waals surface area contributed by atoms with Crippen molar-refractivity contribution in [2.75, 3.05) is 7.11 Å². The summed E-state index contributed by atoms with van der Waals surface area (Å²) in [4.78, 5) is 29.5. The minimum atomic E-state index is -0.390. The molecule has 1 heterocycles. The maximum Gasteiger partial charge on any atom is 0.187 e. The number of rotatable bonds is 2. The summed E-state index contributed by atoms with van der Waals surface area (Å²) < 4.78 is 5.32. The zero-order valence-electron chi connectivity index (χ0n) is 14.5. The van der Waals surface area contributed by atoms with Crippen molar-refractivity contribution in [2.24, 2.45) is 5.92 Å². The number of Topliss-reactive ketones (excluding diaryl/α,β-unsaturated/α-hetero) is 2. The Kier molecular flexibility index (Phi) is 3.29. The van der Waals surface area contributed by atoms with E-state index in [0.717, 1.165) is 34.2 Å². The van der Waals surface area contributed by atoms with Crippen LogP contribution in [0.4, 0.5) is 0 Å². The molecule has 3 atom stereocenters. The molecule has 1 saturated carbocycles. The van der Waals surface area contributed by atoms with Crippen LogP contribution in [-0.2, 0) is 4.79 Å². The van der Waals surface area contributed by atoms with Crippen LogP contribution in [-0.4, -0.2) is 23.7 Å². The summed E-state index contributed by atoms with van der Waals surface area (Å²) in [6, 6.07) is 15.6. The predicted molar refractivity (Wildman–Crippen MR) is 98.8 cm³/mol. The average molecular weight is 345 g/mol. The van der Waals surface area contributed by atoms with Crippen molar-refractivity contribution in [3.63, 3.8) is 0 Å². The summed E-state index contributed by atoms with van der Waals surface area (Å²) in [6.07, 6.45) is 1.36. The van der Waals surface area contributed by atoms with Gasteiger partial charge in [-0.2, -0.15) is 0 Å². The largest absolute Gasteiger partial charge is 0.497 e. The molecule has 2 aromatic carbocycles. The van der Waals surface area contributed by atoms with Crippen LogP contribution in [0.25, 0.3) is 10.9 Å². The van der Waals surface area contributed by atoms with Gasteiger partial charge in [-0.3, -0.25) is 9.59 Å². The first-order valence-electron chi connectivity index (χ1n) is 9.00. The lowest BCUT2D eigenvalue weighted by molar-refractivity contribution is -0.121. The van der Waals surface area contributed by atoms with Gasteiger partial charge in [0, 0.05) is 29.3 Å². The first kappa shape index (κ1) is 15.4. The van der Waals surface area contributed by atoms with E-state index in [9.17, 15) is 9.59 Å². The third-order valence-corrected chi connectivity index (χ3v) is 5.97. The number of ketones is 2. The molecule has 3 aromatic rings. The van der Waals surface area contributed by atoms with Crippen molar-refractivity contribution < 1.29 is 14.3 Å². The van der Waals surface area contributed by atoms with Gasteiger partial charge in [-0.05, 0) is 35.6 Å². The fourth-order valence-corrected chi connectivity index (χ4v) is 4.85. The van der Waals surface area contributed by atoms with Gasteiger partial charge in [0.05, 0.1) is 18.7 Å². The molecule has 0 aliphatic heterocycles. The van der Waals surface area contributed by atoms with Crippen molar-refractivity contribution >= 4 is 22.5 Å². The van der Waals surface area contributed by atoms with Crippen LogP contribution in [0.3, 0.4) is 0 Å². The number of hydrogen-bond acceptors (Lipinski definition) is 3. The molecular formula is C22H19NO3. The Morgan fingerprint density at radius 1 is 1.08 bits per heavy atom. The predicted octanol–water partition coefficient (Wildman–Crippen LogP) is 4.22. The topological polar surface area (TPSA) is 59.2 Å². The molecule has 1 N–H and O–H groups in total. The lowest BCUT2D eigenvalue weighted by Crippen LogP contribution is -2.33. The molecule has 1 fully saturated rings. The van der Waals surface area contributed by atoms with Gasteiger partial charge in [0.15, 0.2) is 5.78 Å². The average Bonchev–Trinajstić information content (AvgIpc) is 3.23. The minimum Gasteiger partial charge on any atom is -0.497 e. The number of carbonyl (C=O) groups is 2. The summed E-state index contributed by atoms with van der Waals surface area (Å²) in [6.45, 7) is 0. The summed E-state index contributed by atoms with van der Waals surface area (Å²) in [5.74, 6) is 0.450. The van der Waals surface area contributed by atoms with Gasteiger partial charge in [-0.25, -0.2) is 0 Å². The minimum absolute atomic E-state index is 0.0258. The number of benzene rings is 2. The number of nitrogens with one attached hydrogen (secondary N) is 1. The van der Waals surface area contributed by atoms with Crippen molar-refractivity contribution in [3.8, 4) is 5.75 Å². The summed E-state index contributed by atoms with van der Waals surface area (Å²) >= 11 is 0. The molecule has 0 spiro atoms. The molecule has 0 amide bonds. The molecule has 130 valence electrons. The Bertz CT molecular complexity index is 1030. The van der Waals surface area contributed by atoms with E-state index < -0.39 is 5.92 Å². The molecule has 0 bridgehead atoms. The van der Waals surface area contributed by atoms with Crippen LogP contribution in [0.1, 0.15) is 46.3 Å². The lowest BCUT2D eigenvalue weighted by Gasteiger charge is -2.32. The summed E-state index contributed by atoms with van der Waals surface area (Å²) in [5, 5.41) is 1.03. The number of fused-ring (bicyclic) bond motifs is 5. The normalized spacial score (nSPS) is 24.6. The molecule has 26 heavy (non-hydrogen) atoms. The number of ether oxygens (including phenoxy) is 1. The standard InChI is InChI=1S/C22H19NO3/c1-26-13-7-8-14-16(11-13)23-21-19(14)15-9-10-17(24)20(15)18(22(21)25)12-5-3-2-4-6-12/h2-8,11,15,18,20,23H,9-10H2,1H3. The molecule has 0 radical (unpaired) electrons. The highest BCUT2D eigenvalue weighted by atomic mass is 16.5. The fourth-order valence-electron chi connectivity index (χ4n) is 4.85. The number of aromatic amines is 1. The van der Waals surface area contributed by atoms with Gasteiger partial charge in [0.1, 0.15) is 11.5 Å². The second kappa shape index (κ2) is 5.56. The molecule has 2 aliphatic rings. The monoisotopic (exact) mass is 345 g/mol. The number of carbonyl (C=O) groups excluding carboxylic acids is 2. The summed E-state index contributed by atoms with van der Waals surface area (Å²) in [5.41, 5.74) is 3.52. The number of methoxy groups -OCH3 is 1. The molecule has 2 aliphatic carbocycles. The molecule has 3 unspecified atom stereocenters. The quantitative estimate of drug-likeness (QED) is 0.756. The molecule has 4 nitrogen and oxygen atoms in total. The first-order chi connectivity index (χ1) is 12.7. The SMILES string of the molecule is COc1ccc2c3c([nH]c2c1)C(=O)C(c1ccccc1)C1C(=O)CCC31. The van der Waals surface area contributed by atoms with Gasteiger partial charge in [-0.15, -0.1) is 0 Å². The van der Waals surface area contributed by atoms with E-state index in [1.54, 1.807) is 7.11 Å². The highest BCUT2D eigenvalue weighted by molar-refractivity contribution is 6.11. The zero-order valence-corrected chi connectivity index (χ0v) is 14.5. The molecule has 1 aromatic heterocycles. The van der Waals surface area contributed by atoms with Gasteiger partial charge in [0.2, 0.25) is 0 Å². The van der Waals surface area contributed by atoms with E-state index in [4.69, 9.17) is 4.74 Å². The Hall–Kier alpha value is -2.88. The number of hydrogen-bond donors (Lipinski definition) is 1. The van der Waals surface area contributed by atoms with Crippen molar-refractivity contribution in [1.82, 2.24) is 4.98 Å². The van der Waals surface area contributed by atoms with Gasteiger partial charge in [0.25, 0.3) is 0 Å². The van der Waals surface area contributed by atoms with E-state index in [2.05, 4.69) is 4.98 Å². The highest BCUT2D eigenvalue weighted by Crippen LogP contribution is 2.53. The fraction of sp³-hybridized carbons (Fsp3) is 0.273. The molecular weight excluding hydrogens is 326 g/mol. The molecule has 0 saturated heterocycles. The molecule has 4 heteroatoms. The third kappa shape index (κ3) is 2.02. The van der Waals surface area contributed by atoms with Crippen molar-refractivity contribution in [1.29, 1.82) is 0 Å². The van der Waals surface area contributed by atoms with Crippen LogP contribution in [0.2, 0.25) is 0 Å². The zero-order chi connectivity index (χ0) is 17.8.